The predicted molar refractivity (Wildman–Crippen MR) is 67.4 cm³/mol. The molecule has 6 heteroatoms. The number of amides is 1. The molecule has 0 bridgehead atoms. The van der Waals surface area contributed by atoms with E-state index in [9.17, 15) is 4.79 Å². The molecule has 0 saturated heterocycles. The largest absolute Gasteiger partial charge is 0.315 e. The highest BCUT2D eigenvalue weighted by molar-refractivity contribution is 6.28. The third kappa shape index (κ3) is 1.73. The van der Waals surface area contributed by atoms with E-state index in [1.165, 1.54) is 0 Å². The third-order valence-corrected chi connectivity index (χ3v) is 3.15. The second-order valence-corrected chi connectivity index (χ2v) is 4.42. The van der Waals surface area contributed by atoms with Crippen LogP contribution in [0.4, 0.5) is 5.69 Å². The number of hydrogen-bond acceptors (Lipinski definition) is 4. The standard InChI is InChI=1S/C12H9ClN4O/c1-17-10-3-2-7(4-8(10)5-11(17)18)9-6-14-16-12(13)15-9/h2-4,6H,5H2,1H3. The summed E-state index contributed by atoms with van der Waals surface area (Å²) in [5.74, 6) is 0.0981. The number of rotatable bonds is 1. The number of likely N-dealkylation sites (N-methyl/N-ethyl adjacent to an activating group) is 1. The van der Waals surface area contributed by atoms with Crippen molar-refractivity contribution in [3.63, 3.8) is 0 Å². The number of nitrogens with zero attached hydrogens (tertiary/aromatic N) is 4. The van der Waals surface area contributed by atoms with Gasteiger partial charge in [-0.3, -0.25) is 4.79 Å². The number of anilines is 1. The maximum atomic E-state index is 11.6. The molecule has 1 aliphatic heterocycles. The van der Waals surface area contributed by atoms with Crippen molar-refractivity contribution in [1.29, 1.82) is 0 Å². The monoisotopic (exact) mass is 260 g/mol. The van der Waals surface area contributed by atoms with Crippen LogP contribution in [0.3, 0.4) is 0 Å². The minimum absolute atomic E-state index is 0.0981. The highest BCUT2D eigenvalue weighted by Gasteiger charge is 2.24. The van der Waals surface area contributed by atoms with E-state index in [0.29, 0.717) is 12.1 Å². The lowest BCUT2D eigenvalue weighted by Crippen LogP contribution is -2.20. The van der Waals surface area contributed by atoms with Crippen LogP contribution in [0, 0.1) is 0 Å². The van der Waals surface area contributed by atoms with Gasteiger partial charge in [0.05, 0.1) is 18.3 Å². The summed E-state index contributed by atoms with van der Waals surface area (Å²) >= 11 is 5.71. The van der Waals surface area contributed by atoms with E-state index in [2.05, 4.69) is 15.2 Å². The molecule has 0 aliphatic carbocycles. The zero-order valence-corrected chi connectivity index (χ0v) is 10.3. The van der Waals surface area contributed by atoms with Crippen molar-refractivity contribution in [1.82, 2.24) is 15.2 Å². The first-order chi connectivity index (χ1) is 8.65. The summed E-state index contributed by atoms with van der Waals surface area (Å²) in [5, 5.41) is 7.48. The fourth-order valence-corrected chi connectivity index (χ4v) is 2.19. The van der Waals surface area contributed by atoms with Crippen LogP contribution in [-0.2, 0) is 11.2 Å². The molecule has 1 amide bonds. The molecule has 1 aromatic heterocycles. The van der Waals surface area contributed by atoms with Gasteiger partial charge in [0.1, 0.15) is 0 Å². The lowest BCUT2D eigenvalue weighted by Gasteiger charge is -2.10. The molecule has 2 heterocycles. The van der Waals surface area contributed by atoms with Gasteiger partial charge in [-0.15, -0.1) is 5.10 Å². The second kappa shape index (κ2) is 4.03. The third-order valence-electron chi connectivity index (χ3n) is 2.99. The van der Waals surface area contributed by atoms with Crippen LogP contribution < -0.4 is 4.90 Å². The van der Waals surface area contributed by atoms with E-state index in [4.69, 9.17) is 11.6 Å². The van der Waals surface area contributed by atoms with Crippen LogP contribution in [0.5, 0.6) is 0 Å². The number of carbonyl (C=O) groups excluding carboxylic acids is 1. The molecule has 0 radical (unpaired) electrons. The molecular weight excluding hydrogens is 252 g/mol. The fraction of sp³-hybridized carbons (Fsp3) is 0.167. The van der Waals surface area contributed by atoms with E-state index < -0.39 is 0 Å². The Hall–Kier alpha value is -2.01. The molecule has 1 aromatic carbocycles. The SMILES string of the molecule is CN1C(=O)Cc2cc(-c3cnnc(Cl)n3)ccc21. The van der Waals surface area contributed by atoms with Gasteiger partial charge >= 0.3 is 0 Å². The molecule has 18 heavy (non-hydrogen) atoms. The molecule has 0 unspecified atom stereocenters. The Morgan fingerprint density at radius 1 is 1.39 bits per heavy atom. The summed E-state index contributed by atoms with van der Waals surface area (Å²) in [4.78, 5) is 17.4. The Kier molecular flexibility index (Phi) is 2.48. The Bertz CT molecular complexity index is 644. The van der Waals surface area contributed by atoms with Crippen LogP contribution in [0.1, 0.15) is 5.56 Å². The van der Waals surface area contributed by atoms with Crippen LogP contribution in [-0.4, -0.2) is 28.1 Å². The zero-order chi connectivity index (χ0) is 12.7. The van der Waals surface area contributed by atoms with E-state index in [-0.39, 0.29) is 11.2 Å². The van der Waals surface area contributed by atoms with Gasteiger partial charge in [-0.25, -0.2) is 4.98 Å². The summed E-state index contributed by atoms with van der Waals surface area (Å²) in [5.41, 5.74) is 3.47. The topological polar surface area (TPSA) is 59.0 Å². The van der Waals surface area contributed by atoms with Gasteiger partial charge in [-0.05, 0) is 29.3 Å². The molecule has 0 spiro atoms. The minimum atomic E-state index is 0.0981. The maximum absolute atomic E-state index is 11.6. The summed E-state index contributed by atoms with van der Waals surface area (Å²) in [6.45, 7) is 0. The average molecular weight is 261 g/mol. The van der Waals surface area contributed by atoms with Crippen LogP contribution >= 0.6 is 11.6 Å². The highest BCUT2D eigenvalue weighted by atomic mass is 35.5. The quantitative estimate of drug-likeness (QED) is 0.783. The van der Waals surface area contributed by atoms with Crippen LogP contribution in [0.25, 0.3) is 11.3 Å². The maximum Gasteiger partial charge on any atom is 0.243 e. The van der Waals surface area contributed by atoms with Gasteiger partial charge in [0.25, 0.3) is 0 Å². The van der Waals surface area contributed by atoms with Crippen molar-refractivity contribution >= 4 is 23.2 Å². The van der Waals surface area contributed by atoms with E-state index in [1.54, 1.807) is 18.1 Å². The predicted octanol–water partition coefficient (Wildman–Crippen LogP) is 1.71. The van der Waals surface area contributed by atoms with Crippen molar-refractivity contribution in [2.45, 2.75) is 6.42 Å². The Morgan fingerprint density at radius 3 is 3.00 bits per heavy atom. The normalized spacial score (nSPS) is 13.9. The van der Waals surface area contributed by atoms with Gasteiger partial charge in [-0.1, -0.05) is 6.07 Å². The number of carbonyl (C=O) groups is 1. The smallest absolute Gasteiger partial charge is 0.243 e. The average Bonchev–Trinajstić information content (AvgIpc) is 2.65. The summed E-state index contributed by atoms with van der Waals surface area (Å²) < 4.78 is 0. The summed E-state index contributed by atoms with van der Waals surface area (Å²) in [6.07, 6.45) is 1.97. The second-order valence-electron chi connectivity index (χ2n) is 4.08. The Balaban J connectivity index is 2.07. The number of aromatic nitrogens is 3. The molecule has 0 atom stereocenters. The number of halogens is 1. The first-order valence-electron chi connectivity index (χ1n) is 5.40. The molecule has 2 aromatic rings. The van der Waals surface area contributed by atoms with Crippen molar-refractivity contribution < 1.29 is 4.79 Å². The van der Waals surface area contributed by atoms with Crippen molar-refractivity contribution in [3.8, 4) is 11.3 Å². The summed E-state index contributed by atoms with van der Waals surface area (Å²) in [6, 6.07) is 5.75. The highest BCUT2D eigenvalue weighted by Crippen LogP contribution is 2.31. The van der Waals surface area contributed by atoms with E-state index in [1.807, 2.05) is 18.2 Å². The Labute approximate surface area is 108 Å². The summed E-state index contributed by atoms with van der Waals surface area (Å²) in [7, 11) is 1.77. The zero-order valence-electron chi connectivity index (χ0n) is 9.59. The van der Waals surface area contributed by atoms with Crippen molar-refractivity contribution in [2.24, 2.45) is 0 Å². The van der Waals surface area contributed by atoms with Gasteiger partial charge in [0, 0.05) is 18.3 Å². The van der Waals surface area contributed by atoms with Gasteiger partial charge in [-0.2, -0.15) is 5.10 Å². The van der Waals surface area contributed by atoms with Crippen molar-refractivity contribution in [3.05, 3.63) is 35.2 Å². The van der Waals surface area contributed by atoms with Crippen LogP contribution in [0.15, 0.2) is 24.4 Å². The van der Waals surface area contributed by atoms with E-state index in [0.717, 1.165) is 16.8 Å². The molecule has 0 N–H and O–H groups in total. The molecule has 0 fully saturated rings. The number of benzene rings is 1. The lowest BCUT2D eigenvalue weighted by molar-refractivity contribution is -0.117. The van der Waals surface area contributed by atoms with E-state index >= 15 is 0 Å². The Morgan fingerprint density at radius 2 is 2.22 bits per heavy atom. The lowest BCUT2D eigenvalue weighted by atomic mass is 10.1. The van der Waals surface area contributed by atoms with Crippen molar-refractivity contribution in [2.75, 3.05) is 11.9 Å². The minimum Gasteiger partial charge on any atom is -0.315 e. The van der Waals surface area contributed by atoms with Crippen LogP contribution in [0.2, 0.25) is 5.28 Å². The van der Waals surface area contributed by atoms with Gasteiger partial charge < -0.3 is 4.90 Å². The molecule has 3 rings (SSSR count). The molecule has 0 saturated carbocycles. The van der Waals surface area contributed by atoms with Gasteiger partial charge in [0.15, 0.2) is 0 Å². The van der Waals surface area contributed by atoms with Gasteiger partial charge in [0.2, 0.25) is 11.2 Å². The number of hydrogen-bond donors (Lipinski definition) is 0. The molecular formula is C12H9ClN4O. The first kappa shape index (κ1) is 11.1. The first-order valence-corrected chi connectivity index (χ1v) is 5.78. The molecule has 90 valence electrons. The number of fused-ring (bicyclic) bond motifs is 1. The fourth-order valence-electron chi connectivity index (χ4n) is 2.05. The molecule has 1 aliphatic rings. The molecule has 5 nitrogen and oxygen atoms in total.